The Morgan fingerprint density at radius 2 is 1.82 bits per heavy atom. The van der Waals surface area contributed by atoms with E-state index in [1.807, 2.05) is 54.3 Å². The summed E-state index contributed by atoms with van der Waals surface area (Å²) in [5, 5.41) is 3.10. The number of benzene rings is 2. The number of nitrogens with one attached hydrogen (secondary N) is 1. The lowest BCUT2D eigenvalue weighted by atomic mass is 9.92. The molecule has 3 heterocycles. The minimum atomic E-state index is -0.201. The quantitative estimate of drug-likeness (QED) is 0.667. The zero-order chi connectivity index (χ0) is 22.6. The molecule has 3 aromatic rings. The number of hydrogen-bond acceptors (Lipinski definition) is 4. The van der Waals surface area contributed by atoms with Crippen LogP contribution in [0.25, 0.3) is 0 Å². The molecular weight excluding hydrogens is 414 g/mol. The van der Waals surface area contributed by atoms with Gasteiger partial charge in [0.2, 0.25) is 0 Å². The van der Waals surface area contributed by atoms with Crippen LogP contribution in [0.3, 0.4) is 0 Å². The number of hydrogen-bond donors (Lipinski definition) is 1. The third-order valence-electron chi connectivity index (χ3n) is 6.57. The van der Waals surface area contributed by atoms with Gasteiger partial charge >= 0.3 is 6.03 Å². The number of amides is 2. The third-order valence-corrected chi connectivity index (χ3v) is 6.57. The van der Waals surface area contributed by atoms with E-state index in [1.54, 1.807) is 0 Å². The van der Waals surface area contributed by atoms with Crippen LogP contribution in [0.4, 0.5) is 4.79 Å². The first-order chi connectivity index (χ1) is 16.2. The lowest BCUT2D eigenvalue weighted by molar-refractivity contribution is 0.101. The maximum atomic E-state index is 13.5. The molecule has 2 amide bonds. The number of aryl methyl sites for hydroxylation is 1. The number of nitrogens with zero attached hydrogens (tertiary/aromatic N) is 4. The Morgan fingerprint density at radius 1 is 1.06 bits per heavy atom. The van der Waals surface area contributed by atoms with Crippen molar-refractivity contribution in [3.8, 4) is 5.75 Å². The van der Waals surface area contributed by atoms with Crippen molar-refractivity contribution in [3.63, 3.8) is 0 Å². The SMILES string of the molecule is Cn1cnc(CN2CCC(N3C(=O)NCCOc4ccccc4C3c3ccccc3)CC2)c1. The molecule has 7 heteroatoms. The smallest absolute Gasteiger partial charge is 0.318 e. The molecular formula is C26H31N5O2. The second kappa shape index (κ2) is 9.67. The fourth-order valence-corrected chi connectivity index (χ4v) is 5.00. The molecule has 2 aliphatic rings. The van der Waals surface area contributed by atoms with Crippen molar-refractivity contribution < 1.29 is 9.53 Å². The van der Waals surface area contributed by atoms with Gasteiger partial charge in [-0.15, -0.1) is 0 Å². The van der Waals surface area contributed by atoms with Gasteiger partial charge in [0, 0.05) is 44.5 Å². The molecule has 0 bridgehead atoms. The summed E-state index contributed by atoms with van der Waals surface area (Å²) in [7, 11) is 2.00. The number of likely N-dealkylation sites (tertiary alicyclic amines) is 1. The minimum absolute atomic E-state index is 0.0210. The van der Waals surface area contributed by atoms with E-state index in [0.717, 1.165) is 55.0 Å². The number of para-hydroxylation sites is 1. The van der Waals surface area contributed by atoms with Crippen LogP contribution in [-0.4, -0.2) is 57.7 Å². The first-order valence-electron chi connectivity index (χ1n) is 11.7. The van der Waals surface area contributed by atoms with Gasteiger partial charge in [-0.25, -0.2) is 9.78 Å². The van der Waals surface area contributed by atoms with Crippen LogP contribution in [0.1, 0.15) is 35.7 Å². The van der Waals surface area contributed by atoms with Crippen molar-refractivity contribution in [1.82, 2.24) is 24.7 Å². The second-order valence-electron chi connectivity index (χ2n) is 8.88. The first kappa shape index (κ1) is 21.5. The van der Waals surface area contributed by atoms with E-state index in [2.05, 4.69) is 44.5 Å². The van der Waals surface area contributed by atoms with Gasteiger partial charge in [-0.3, -0.25) is 4.90 Å². The number of aromatic nitrogens is 2. The highest BCUT2D eigenvalue weighted by molar-refractivity contribution is 5.76. The zero-order valence-corrected chi connectivity index (χ0v) is 19.1. The van der Waals surface area contributed by atoms with Crippen LogP contribution < -0.4 is 10.1 Å². The van der Waals surface area contributed by atoms with Crippen LogP contribution >= 0.6 is 0 Å². The van der Waals surface area contributed by atoms with Gasteiger partial charge in [0.25, 0.3) is 0 Å². The average Bonchev–Trinajstić information content (AvgIpc) is 3.28. The Hall–Kier alpha value is -3.32. The molecule has 172 valence electrons. The maximum absolute atomic E-state index is 13.5. The number of piperidine rings is 1. The number of fused-ring (bicyclic) bond motifs is 1. The molecule has 1 aromatic heterocycles. The van der Waals surface area contributed by atoms with Crippen LogP contribution in [0.5, 0.6) is 5.75 Å². The number of carbonyl (C=O) groups excluding carboxylic acids is 1. The van der Waals surface area contributed by atoms with E-state index >= 15 is 0 Å². The standard InChI is InChI=1S/C26H31N5O2/c1-29-17-21(28-19-29)18-30-14-11-22(12-15-30)31-25(20-7-3-2-4-8-20)23-9-5-6-10-24(23)33-16-13-27-26(31)32/h2-10,17,19,22,25H,11-16,18H2,1H3,(H,27,32). The molecule has 1 saturated heterocycles. The normalized spacial score (nSPS) is 20.2. The monoisotopic (exact) mass is 445 g/mol. The van der Waals surface area contributed by atoms with E-state index < -0.39 is 0 Å². The van der Waals surface area contributed by atoms with Gasteiger partial charge < -0.3 is 19.5 Å². The summed E-state index contributed by atoms with van der Waals surface area (Å²) < 4.78 is 8.06. The third kappa shape index (κ3) is 4.73. The molecule has 0 spiro atoms. The van der Waals surface area contributed by atoms with E-state index in [9.17, 15) is 4.79 Å². The van der Waals surface area contributed by atoms with Gasteiger partial charge in [0.05, 0.1) is 24.6 Å². The zero-order valence-electron chi connectivity index (χ0n) is 19.1. The molecule has 0 aliphatic carbocycles. The molecule has 2 aromatic carbocycles. The Labute approximate surface area is 195 Å². The van der Waals surface area contributed by atoms with Crippen molar-refractivity contribution in [1.29, 1.82) is 0 Å². The predicted octanol–water partition coefficient (Wildman–Crippen LogP) is 3.58. The van der Waals surface area contributed by atoms with Crippen LogP contribution in [0, 0.1) is 0 Å². The molecule has 5 rings (SSSR count). The topological polar surface area (TPSA) is 62.6 Å². The number of ether oxygens (including phenoxy) is 1. The largest absolute Gasteiger partial charge is 0.491 e. The van der Waals surface area contributed by atoms with Crippen LogP contribution in [0.15, 0.2) is 67.1 Å². The molecule has 1 N–H and O–H groups in total. The minimum Gasteiger partial charge on any atom is -0.491 e. The van der Waals surface area contributed by atoms with E-state index in [-0.39, 0.29) is 18.1 Å². The van der Waals surface area contributed by atoms with Gasteiger partial charge in [0.15, 0.2) is 0 Å². The summed E-state index contributed by atoms with van der Waals surface area (Å²) in [6, 6.07) is 18.3. The van der Waals surface area contributed by atoms with Crippen LogP contribution in [-0.2, 0) is 13.6 Å². The van der Waals surface area contributed by atoms with Gasteiger partial charge in [-0.2, -0.15) is 0 Å². The average molecular weight is 446 g/mol. The molecule has 1 atom stereocenters. The Kier molecular flexibility index (Phi) is 6.30. The molecule has 2 aliphatic heterocycles. The van der Waals surface area contributed by atoms with Crippen LogP contribution in [0.2, 0.25) is 0 Å². The summed E-state index contributed by atoms with van der Waals surface area (Å²) >= 11 is 0. The molecule has 0 radical (unpaired) electrons. The number of rotatable bonds is 4. The fourth-order valence-electron chi connectivity index (χ4n) is 5.00. The molecule has 33 heavy (non-hydrogen) atoms. The molecule has 0 saturated carbocycles. The summed E-state index contributed by atoms with van der Waals surface area (Å²) in [4.78, 5) is 22.5. The van der Waals surface area contributed by atoms with Crippen molar-refractivity contribution >= 4 is 6.03 Å². The fraction of sp³-hybridized carbons (Fsp3) is 0.385. The van der Waals surface area contributed by atoms with Gasteiger partial charge in [0.1, 0.15) is 12.4 Å². The number of carbonyl (C=O) groups is 1. The maximum Gasteiger partial charge on any atom is 0.318 e. The summed E-state index contributed by atoms with van der Waals surface area (Å²) in [6.07, 6.45) is 5.77. The Balaban J connectivity index is 1.44. The highest BCUT2D eigenvalue weighted by Crippen LogP contribution is 2.38. The lowest BCUT2D eigenvalue weighted by Gasteiger charge is -2.42. The molecule has 7 nitrogen and oxygen atoms in total. The summed E-state index contributed by atoms with van der Waals surface area (Å²) in [5.74, 6) is 0.848. The Bertz CT molecular complexity index is 1080. The van der Waals surface area contributed by atoms with Gasteiger partial charge in [-0.05, 0) is 24.5 Å². The van der Waals surface area contributed by atoms with E-state index in [4.69, 9.17) is 4.74 Å². The first-order valence-corrected chi connectivity index (χ1v) is 11.7. The van der Waals surface area contributed by atoms with Crippen molar-refractivity contribution in [2.75, 3.05) is 26.2 Å². The highest BCUT2D eigenvalue weighted by atomic mass is 16.5. The lowest BCUT2D eigenvalue weighted by Crippen LogP contribution is -2.52. The Morgan fingerprint density at radius 3 is 2.58 bits per heavy atom. The van der Waals surface area contributed by atoms with E-state index in [1.165, 1.54) is 0 Å². The van der Waals surface area contributed by atoms with Crippen molar-refractivity contribution in [3.05, 3.63) is 83.9 Å². The van der Waals surface area contributed by atoms with Crippen molar-refractivity contribution in [2.24, 2.45) is 7.05 Å². The number of urea groups is 1. The van der Waals surface area contributed by atoms with Crippen molar-refractivity contribution in [2.45, 2.75) is 31.5 Å². The molecule has 1 unspecified atom stereocenters. The summed E-state index contributed by atoms with van der Waals surface area (Å²) in [6.45, 7) is 3.66. The summed E-state index contributed by atoms with van der Waals surface area (Å²) in [5.41, 5.74) is 3.22. The highest BCUT2D eigenvalue weighted by Gasteiger charge is 2.36. The number of imidazole rings is 1. The second-order valence-corrected chi connectivity index (χ2v) is 8.88. The van der Waals surface area contributed by atoms with E-state index in [0.29, 0.717) is 13.2 Å². The van der Waals surface area contributed by atoms with Gasteiger partial charge in [-0.1, -0.05) is 48.5 Å². The molecule has 1 fully saturated rings. The predicted molar refractivity (Wildman–Crippen MR) is 127 cm³/mol.